The van der Waals surface area contributed by atoms with E-state index >= 15 is 0 Å². The normalized spacial score (nSPS) is 16.3. The molecule has 0 saturated carbocycles. The molecule has 0 atom stereocenters. The SMILES string of the molecule is Cc1ccc(CC2(CN)Cc3ccccc3C2)cc1. The molecule has 0 aromatic heterocycles. The largest absolute Gasteiger partial charge is 0.330 e. The van der Waals surface area contributed by atoms with Crippen LogP contribution in [0.4, 0.5) is 0 Å². The molecule has 2 aromatic carbocycles. The van der Waals surface area contributed by atoms with Crippen molar-refractivity contribution < 1.29 is 0 Å². The highest BCUT2D eigenvalue weighted by Gasteiger charge is 2.35. The first-order chi connectivity index (χ1) is 9.21. The summed E-state index contributed by atoms with van der Waals surface area (Å²) in [6, 6.07) is 17.7. The summed E-state index contributed by atoms with van der Waals surface area (Å²) in [6.07, 6.45) is 3.32. The van der Waals surface area contributed by atoms with E-state index in [1.807, 2.05) is 0 Å². The average Bonchev–Trinajstić information content (AvgIpc) is 2.80. The molecule has 0 heterocycles. The number of rotatable bonds is 3. The predicted octanol–water partition coefficient (Wildman–Crippen LogP) is 3.28. The minimum Gasteiger partial charge on any atom is -0.330 e. The molecule has 0 amide bonds. The summed E-state index contributed by atoms with van der Waals surface area (Å²) in [4.78, 5) is 0. The van der Waals surface area contributed by atoms with Gasteiger partial charge in [0, 0.05) is 0 Å². The first kappa shape index (κ1) is 12.4. The van der Waals surface area contributed by atoms with Gasteiger partial charge in [-0.1, -0.05) is 54.1 Å². The minimum absolute atomic E-state index is 0.221. The highest BCUT2D eigenvalue weighted by molar-refractivity contribution is 5.36. The van der Waals surface area contributed by atoms with Crippen LogP contribution in [0.3, 0.4) is 0 Å². The maximum Gasteiger partial charge on any atom is -0.00109 e. The van der Waals surface area contributed by atoms with Gasteiger partial charge in [-0.25, -0.2) is 0 Å². The third-order valence-electron chi connectivity index (χ3n) is 4.38. The van der Waals surface area contributed by atoms with Crippen LogP contribution in [0.1, 0.15) is 22.3 Å². The van der Waals surface area contributed by atoms with E-state index < -0.39 is 0 Å². The zero-order valence-electron chi connectivity index (χ0n) is 11.5. The number of aryl methyl sites for hydroxylation is 1. The van der Waals surface area contributed by atoms with Crippen LogP contribution in [0.15, 0.2) is 48.5 Å². The lowest BCUT2D eigenvalue weighted by atomic mass is 9.79. The molecular weight excluding hydrogens is 230 g/mol. The summed E-state index contributed by atoms with van der Waals surface area (Å²) in [5.41, 5.74) is 12.0. The van der Waals surface area contributed by atoms with Gasteiger partial charge in [-0.2, -0.15) is 0 Å². The topological polar surface area (TPSA) is 26.0 Å². The fraction of sp³-hybridized carbons (Fsp3) is 0.333. The van der Waals surface area contributed by atoms with E-state index in [9.17, 15) is 0 Å². The van der Waals surface area contributed by atoms with Crippen molar-refractivity contribution in [3.05, 3.63) is 70.8 Å². The Hall–Kier alpha value is -1.60. The molecule has 2 N–H and O–H groups in total. The van der Waals surface area contributed by atoms with Crippen LogP contribution >= 0.6 is 0 Å². The fourth-order valence-electron chi connectivity index (χ4n) is 3.25. The van der Waals surface area contributed by atoms with Crippen LogP contribution in [0.2, 0.25) is 0 Å². The Bertz CT molecular complexity index is 543. The molecule has 1 heteroatoms. The second-order valence-electron chi connectivity index (χ2n) is 5.99. The molecule has 2 aromatic rings. The molecule has 19 heavy (non-hydrogen) atoms. The van der Waals surface area contributed by atoms with Gasteiger partial charge >= 0.3 is 0 Å². The first-order valence-electron chi connectivity index (χ1n) is 7.03. The van der Waals surface area contributed by atoms with E-state index in [1.165, 1.54) is 22.3 Å². The second-order valence-corrected chi connectivity index (χ2v) is 5.99. The lowest BCUT2D eigenvalue weighted by molar-refractivity contribution is 0.315. The van der Waals surface area contributed by atoms with Crippen LogP contribution in [-0.4, -0.2) is 6.54 Å². The van der Waals surface area contributed by atoms with E-state index in [0.717, 1.165) is 25.8 Å². The zero-order chi connectivity index (χ0) is 13.3. The molecule has 1 nitrogen and oxygen atoms in total. The quantitative estimate of drug-likeness (QED) is 0.890. The van der Waals surface area contributed by atoms with Gasteiger partial charge in [-0.05, 0) is 54.8 Å². The van der Waals surface area contributed by atoms with Crippen LogP contribution in [-0.2, 0) is 19.3 Å². The summed E-state index contributed by atoms with van der Waals surface area (Å²) in [5.74, 6) is 0. The molecule has 0 saturated heterocycles. The second kappa shape index (κ2) is 4.82. The molecule has 0 fully saturated rings. The Morgan fingerprint density at radius 2 is 1.53 bits per heavy atom. The van der Waals surface area contributed by atoms with Gasteiger partial charge in [-0.15, -0.1) is 0 Å². The Kier molecular flexibility index (Phi) is 3.16. The van der Waals surface area contributed by atoms with Crippen molar-refractivity contribution in [3.8, 4) is 0 Å². The summed E-state index contributed by atoms with van der Waals surface area (Å²) in [6.45, 7) is 2.89. The minimum atomic E-state index is 0.221. The molecule has 0 bridgehead atoms. The van der Waals surface area contributed by atoms with Crippen molar-refractivity contribution in [3.63, 3.8) is 0 Å². The molecule has 1 aliphatic rings. The van der Waals surface area contributed by atoms with Crippen LogP contribution in [0, 0.1) is 12.3 Å². The smallest absolute Gasteiger partial charge is 0.00109 e. The molecular formula is C18H21N. The van der Waals surface area contributed by atoms with Crippen molar-refractivity contribution in [2.75, 3.05) is 6.54 Å². The lowest BCUT2D eigenvalue weighted by Crippen LogP contribution is -2.33. The monoisotopic (exact) mass is 251 g/mol. The Morgan fingerprint density at radius 1 is 0.947 bits per heavy atom. The summed E-state index contributed by atoms with van der Waals surface area (Å²) in [5, 5.41) is 0. The average molecular weight is 251 g/mol. The van der Waals surface area contributed by atoms with Gasteiger partial charge in [0.1, 0.15) is 0 Å². The van der Waals surface area contributed by atoms with Crippen LogP contribution in [0.5, 0.6) is 0 Å². The summed E-state index contributed by atoms with van der Waals surface area (Å²) < 4.78 is 0. The molecule has 98 valence electrons. The molecule has 0 unspecified atom stereocenters. The van der Waals surface area contributed by atoms with Gasteiger partial charge in [-0.3, -0.25) is 0 Å². The van der Waals surface area contributed by atoms with Crippen molar-refractivity contribution >= 4 is 0 Å². The van der Waals surface area contributed by atoms with E-state index in [1.54, 1.807) is 0 Å². The third-order valence-corrected chi connectivity index (χ3v) is 4.38. The number of nitrogens with two attached hydrogens (primary N) is 1. The zero-order valence-corrected chi connectivity index (χ0v) is 11.5. The Labute approximate surface area is 115 Å². The lowest BCUT2D eigenvalue weighted by Gasteiger charge is -2.27. The van der Waals surface area contributed by atoms with Gasteiger partial charge in [0.15, 0.2) is 0 Å². The third kappa shape index (κ3) is 2.43. The van der Waals surface area contributed by atoms with E-state index in [2.05, 4.69) is 55.5 Å². The summed E-state index contributed by atoms with van der Waals surface area (Å²) in [7, 11) is 0. The number of benzene rings is 2. The highest BCUT2D eigenvalue weighted by Crippen LogP contribution is 2.38. The molecule has 1 aliphatic carbocycles. The van der Waals surface area contributed by atoms with Crippen LogP contribution < -0.4 is 5.73 Å². The van der Waals surface area contributed by atoms with Crippen molar-refractivity contribution in [2.24, 2.45) is 11.1 Å². The van der Waals surface area contributed by atoms with Gasteiger partial charge in [0.05, 0.1) is 0 Å². The molecule has 0 aliphatic heterocycles. The highest BCUT2D eigenvalue weighted by atomic mass is 14.6. The van der Waals surface area contributed by atoms with Gasteiger partial charge in [0.2, 0.25) is 0 Å². The fourth-order valence-corrected chi connectivity index (χ4v) is 3.25. The molecule has 0 radical (unpaired) electrons. The number of fused-ring (bicyclic) bond motifs is 1. The van der Waals surface area contributed by atoms with E-state index in [0.29, 0.717) is 0 Å². The van der Waals surface area contributed by atoms with E-state index in [-0.39, 0.29) is 5.41 Å². The van der Waals surface area contributed by atoms with E-state index in [4.69, 9.17) is 5.73 Å². The van der Waals surface area contributed by atoms with Crippen molar-refractivity contribution in [1.29, 1.82) is 0 Å². The maximum absolute atomic E-state index is 6.13. The summed E-state index contributed by atoms with van der Waals surface area (Å²) >= 11 is 0. The van der Waals surface area contributed by atoms with Gasteiger partial charge in [0.25, 0.3) is 0 Å². The van der Waals surface area contributed by atoms with Crippen molar-refractivity contribution in [2.45, 2.75) is 26.2 Å². The standard InChI is InChI=1S/C18H21N/c1-14-6-8-15(9-7-14)10-18(13-19)11-16-4-2-3-5-17(16)12-18/h2-9H,10-13,19H2,1H3. The van der Waals surface area contributed by atoms with Gasteiger partial charge < -0.3 is 5.73 Å². The van der Waals surface area contributed by atoms with Crippen molar-refractivity contribution in [1.82, 2.24) is 0 Å². The number of hydrogen-bond acceptors (Lipinski definition) is 1. The molecule has 3 rings (SSSR count). The predicted molar refractivity (Wildman–Crippen MR) is 80.2 cm³/mol. The maximum atomic E-state index is 6.13. The van der Waals surface area contributed by atoms with Crippen LogP contribution in [0.25, 0.3) is 0 Å². The molecule has 0 spiro atoms. The Balaban J connectivity index is 1.84. The Morgan fingerprint density at radius 3 is 2.05 bits per heavy atom. The number of hydrogen-bond donors (Lipinski definition) is 1. The first-order valence-corrected chi connectivity index (χ1v) is 7.03.